The summed E-state index contributed by atoms with van der Waals surface area (Å²) in [6.45, 7) is 0.135. The molecule has 0 bridgehead atoms. The van der Waals surface area contributed by atoms with E-state index in [4.69, 9.17) is 16.3 Å². The summed E-state index contributed by atoms with van der Waals surface area (Å²) in [5.41, 5.74) is 1.42. The molecule has 1 aromatic heterocycles. The average Bonchev–Trinajstić information content (AvgIpc) is 2.46. The monoisotopic (exact) mass is 261 g/mol. The highest BCUT2D eigenvalue weighted by atomic mass is 35.5. The van der Waals surface area contributed by atoms with Crippen molar-refractivity contribution in [1.82, 2.24) is 4.98 Å². The van der Waals surface area contributed by atoms with Gasteiger partial charge in [-0.3, -0.25) is 9.78 Å². The Bertz CT molecular complexity index is 502. The van der Waals surface area contributed by atoms with E-state index in [2.05, 4.69) is 4.98 Å². The molecule has 0 fully saturated rings. The zero-order valence-electron chi connectivity index (χ0n) is 9.62. The van der Waals surface area contributed by atoms with Gasteiger partial charge >= 0.3 is 5.97 Å². The Hall–Kier alpha value is -1.87. The molecule has 0 aliphatic heterocycles. The average molecular weight is 262 g/mol. The molecule has 92 valence electrons. The lowest BCUT2D eigenvalue weighted by molar-refractivity contribution is -0.144. The topological polar surface area (TPSA) is 39.2 Å². The van der Waals surface area contributed by atoms with Gasteiger partial charge in [-0.1, -0.05) is 36.4 Å². The Morgan fingerprint density at radius 2 is 1.89 bits per heavy atom. The SMILES string of the molecule is O=C(OCc1ccccn1)C(Cl)c1ccccc1. The van der Waals surface area contributed by atoms with E-state index in [-0.39, 0.29) is 6.61 Å². The number of alkyl halides is 1. The van der Waals surface area contributed by atoms with Gasteiger partial charge in [0.2, 0.25) is 0 Å². The highest BCUT2D eigenvalue weighted by molar-refractivity contribution is 6.29. The molecule has 0 aliphatic rings. The Balaban J connectivity index is 1.93. The lowest BCUT2D eigenvalue weighted by Crippen LogP contribution is -2.11. The fourth-order valence-electron chi connectivity index (χ4n) is 1.46. The van der Waals surface area contributed by atoms with Crippen molar-refractivity contribution in [3.8, 4) is 0 Å². The molecule has 0 amide bonds. The molecule has 18 heavy (non-hydrogen) atoms. The zero-order chi connectivity index (χ0) is 12.8. The molecule has 0 spiro atoms. The summed E-state index contributed by atoms with van der Waals surface area (Å²) in [7, 11) is 0. The molecule has 2 rings (SSSR count). The number of hydrogen-bond donors (Lipinski definition) is 0. The van der Waals surface area contributed by atoms with Gasteiger partial charge in [0.25, 0.3) is 0 Å². The predicted octanol–water partition coefficient (Wildman–Crippen LogP) is 3.10. The number of hydrogen-bond acceptors (Lipinski definition) is 3. The van der Waals surface area contributed by atoms with E-state index in [1.807, 2.05) is 24.3 Å². The van der Waals surface area contributed by atoms with Gasteiger partial charge in [0.05, 0.1) is 5.69 Å². The summed E-state index contributed by atoms with van der Waals surface area (Å²) in [4.78, 5) is 15.8. The molecule has 0 saturated heterocycles. The van der Waals surface area contributed by atoms with Crippen LogP contribution in [0.5, 0.6) is 0 Å². The van der Waals surface area contributed by atoms with Crippen LogP contribution in [-0.2, 0) is 16.1 Å². The number of benzene rings is 1. The van der Waals surface area contributed by atoms with Crippen molar-refractivity contribution >= 4 is 17.6 Å². The molecule has 4 heteroatoms. The molecule has 0 N–H and O–H groups in total. The quantitative estimate of drug-likeness (QED) is 0.627. The van der Waals surface area contributed by atoms with Gasteiger partial charge in [-0.25, -0.2) is 0 Å². The number of esters is 1. The van der Waals surface area contributed by atoms with Gasteiger partial charge in [0, 0.05) is 6.20 Å². The molecule has 2 aromatic rings. The first-order valence-corrected chi connectivity index (χ1v) is 5.96. The van der Waals surface area contributed by atoms with Gasteiger partial charge in [-0.15, -0.1) is 11.6 Å². The minimum Gasteiger partial charge on any atom is -0.458 e. The Labute approximate surface area is 110 Å². The standard InChI is InChI=1S/C14H12ClNO2/c15-13(11-6-2-1-3-7-11)14(17)18-10-12-8-4-5-9-16-12/h1-9,13H,10H2. The fraction of sp³-hybridized carbons (Fsp3) is 0.143. The molecule has 0 saturated carbocycles. The van der Waals surface area contributed by atoms with Crippen molar-refractivity contribution in [2.24, 2.45) is 0 Å². The van der Waals surface area contributed by atoms with Crippen LogP contribution < -0.4 is 0 Å². The number of aromatic nitrogens is 1. The summed E-state index contributed by atoms with van der Waals surface area (Å²) in [6.07, 6.45) is 1.65. The molecule has 1 heterocycles. The Morgan fingerprint density at radius 3 is 2.56 bits per heavy atom. The molecular weight excluding hydrogens is 250 g/mol. The van der Waals surface area contributed by atoms with Crippen molar-refractivity contribution in [3.05, 3.63) is 66.0 Å². The van der Waals surface area contributed by atoms with E-state index in [1.165, 1.54) is 0 Å². The number of carbonyl (C=O) groups is 1. The molecular formula is C14H12ClNO2. The molecule has 0 radical (unpaired) electrons. The van der Waals surface area contributed by atoms with E-state index < -0.39 is 11.3 Å². The van der Waals surface area contributed by atoms with Gasteiger partial charge in [-0.05, 0) is 17.7 Å². The van der Waals surface area contributed by atoms with Crippen LogP contribution in [0.3, 0.4) is 0 Å². The van der Waals surface area contributed by atoms with Crippen LogP contribution in [-0.4, -0.2) is 11.0 Å². The van der Waals surface area contributed by atoms with Crippen LogP contribution >= 0.6 is 11.6 Å². The lowest BCUT2D eigenvalue weighted by Gasteiger charge is -2.09. The van der Waals surface area contributed by atoms with Crippen molar-refractivity contribution in [1.29, 1.82) is 0 Å². The van der Waals surface area contributed by atoms with Crippen LogP contribution in [0.2, 0.25) is 0 Å². The smallest absolute Gasteiger partial charge is 0.329 e. The summed E-state index contributed by atoms with van der Waals surface area (Å²) < 4.78 is 5.11. The van der Waals surface area contributed by atoms with E-state index >= 15 is 0 Å². The molecule has 1 atom stereocenters. The second-order valence-electron chi connectivity index (χ2n) is 3.70. The van der Waals surface area contributed by atoms with Crippen molar-refractivity contribution in [3.63, 3.8) is 0 Å². The lowest BCUT2D eigenvalue weighted by atomic mass is 10.1. The van der Waals surface area contributed by atoms with E-state index in [1.54, 1.807) is 30.5 Å². The van der Waals surface area contributed by atoms with E-state index in [9.17, 15) is 4.79 Å². The molecule has 1 aromatic carbocycles. The summed E-state index contributed by atoms with van der Waals surface area (Å²) in [5, 5.41) is -0.782. The predicted molar refractivity (Wildman–Crippen MR) is 69.1 cm³/mol. The summed E-state index contributed by atoms with van der Waals surface area (Å²) in [5.74, 6) is -0.464. The maximum absolute atomic E-state index is 11.7. The second-order valence-corrected chi connectivity index (χ2v) is 4.14. The third-order valence-corrected chi connectivity index (χ3v) is 2.82. The van der Waals surface area contributed by atoms with Gasteiger partial charge < -0.3 is 4.74 Å². The number of nitrogens with zero attached hydrogens (tertiary/aromatic N) is 1. The summed E-state index contributed by atoms with van der Waals surface area (Å²) >= 11 is 6.03. The van der Waals surface area contributed by atoms with Crippen molar-refractivity contribution in [2.45, 2.75) is 12.0 Å². The van der Waals surface area contributed by atoms with Gasteiger partial charge in [-0.2, -0.15) is 0 Å². The van der Waals surface area contributed by atoms with E-state index in [0.29, 0.717) is 5.69 Å². The summed E-state index contributed by atoms with van der Waals surface area (Å²) in [6, 6.07) is 14.5. The number of pyridine rings is 1. The second kappa shape index (κ2) is 6.17. The third-order valence-electron chi connectivity index (χ3n) is 2.39. The maximum Gasteiger partial charge on any atom is 0.329 e. The highest BCUT2D eigenvalue weighted by Gasteiger charge is 2.18. The zero-order valence-corrected chi connectivity index (χ0v) is 10.4. The first-order valence-electron chi connectivity index (χ1n) is 5.53. The normalized spacial score (nSPS) is 11.8. The minimum absolute atomic E-state index is 0.135. The van der Waals surface area contributed by atoms with Crippen LogP contribution in [0.15, 0.2) is 54.7 Å². The maximum atomic E-state index is 11.7. The van der Waals surface area contributed by atoms with Crippen LogP contribution in [0.1, 0.15) is 16.6 Å². The van der Waals surface area contributed by atoms with Crippen LogP contribution in [0.25, 0.3) is 0 Å². The largest absolute Gasteiger partial charge is 0.458 e. The fourth-order valence-corrected chi connectivity index (χ4v) is 1.67. The van der Waals surface area contributed by atoms with Crippen LogP contribution in [0, 0.1) is 0 Å². The van der Waals surface area contributed by atoms with Gasteiger partial charge in [0.15, 0.2) is 5.38 Å². The number of carbonyl (C=O) groups excluding carboxylic acids is 1. The van der Waals surface area contributed by atoms with Gasteiger partial charge in [0.1, 0.15) is 6.61 Å². The van der Waals surface area contributed by atoms with Crippen molar-refractivity contribution < 1.29 is 9.53 Å². The molecule has 1 unspecified atom stereocenters. The Morgan fingerprint density at radius 1 is 1.17 bits per heavy atom. The first-order chi connectivity index (χ1) is 8.77. The highest BCUT2D eigenvalue weighted by Crippen LogP contribution is 2.21. The molecule has 0 aliphatic carbocycles. The first kappa shape index (κ1) is 12.6. The minimum atomic E-state index is -0.782. The Kier molecular flexibility index (Phi) is 4.31. The molecule has 3 nitrogen and oxygen atoms in total. The van der Waals surface area contributed by atoms with Crippen LogP contribution in [0.4, 0.5) is 0 Å². The number of rotatable bonds is 4. The van der Waals surface area contributed by atoms with Crippen molar-refractivity contribution in [2.75, 3.05) is 0 Å². The van der Waals surface area contributed by atoms with E-state index in [0.717, 1.165) is 5.56 Å². The number of ether oxygens (including phenoxy) is 1. The third kappa shape index (κ3) is 3.31. The number of halogens is 1.